The van der Waals surface area contributed by atoms with Gasteiger partial charge in [0.2, 0.25) is 17.1 Å². The first-order chi connectivity index (χ1) is 7.08. The smallest absolute Gasteiger partial charge is 0.319 e. The van der Waals surface area contributed by atoms with E-state index in [0.717, 1.165) is 0 Å². The summed E-state index contributed by atoms with van der Waals surface area (Å²) >= 11 is 0. The Bertz CT molecular complexity index is 379. The second-order valence-electron chi connectivity index (χ2n) is 2.51. The van der Waals surface area contributed by atoms with Crippen LogP contribution in [0.4, 0.5) is 0 Å². The SMILES string of the molecule is N#C[C+]1C(=[N-])[C+](C#N)C(=[N-])[C+](C#N)C1=[N-]. The predicted molar refractivity (Wildman–Crippen MR) is 51.7 cm³/mol. The highest BCUT2D eigenvalue weighted by atomic mass is 14.7. The van der Waals surface area contributed by atoms with E-state index in [0.29, 0.717) is 0 Å². The van der Waals surface area contributed by atoms with E-state index in [9.17, 15) is 16.2 Å². The van der Waals surface area contributed by atoms with Crippen molar-refractivity contribution in [2.45, 2.75) is 0 Å². The van der Waals surface area contributed by atoms with Gasteiger partial charge in [-0.3, -0.25) is 0 Å². The number of hydrogen-bond donors (Lipinski definition) is 0. The van der Waals surface area contributed by atoms with Crippen molar-refractivity contribution in [3.63, 3.8) is 0 Å². The number of hydrogen-bond acceptors (Lipinski definition) is 3. The van der Waals surface area contributed by atoms with Crippen LogP contribution in [0.2, 0.25) is 0 Å². The number of nitrogens with zero attached hydrogens (tertiary/aromatic N) is 6. The zero-order valence-electron chi connectivity index (χ0n) is 7.18. The minimum Gasteiger partial charge on any atom is -0.717 e. The van der Waals surface area contributed by atoms with Gasteiger partial charge < -0.3 is 16.2 Å². The van der Waals surface area contributed by atoms with Crippen LogP contribution in [0.5, 0.6) is 0 Å². The van der Waals surface area contributed by atoms with Crippen molar-refractivity contribution in [3.05, 3.63) is 34.0 Å². The fraction of sp³-hybridized carbons (Fsp3) is 0. The van der Waals surface area contributed by atoms with Crippen LogP contribution in [0.1, 0.15) is 0 Å². The molecule has 1 rings (SSSR count). The number of nitriles is 3. The van der Waals surface area contributed by atoms with E-state index in [1.807, 2.05) is 0 Å². The molecular formula is C9N6. The highest BCUT2D eigenvalue weighted by Gasteiger charge is 2.60. The van der Waals surface area contributed by atoms with Gasteiger partial charge in [-0.25, -0.2) is 0 Å². The van der Waals surface area contributed by atoms with E-state index < -0.39 is 34.9 Å². The molecule has 6 heteroatoms. The highest BCUT2D eigenvalue weighted by Crippen LogP contribution is 2.29. The van der Waals surface area contributed by atoms with Gasteiger partial charge in [-0.2, -0.15) is 0 Å². The predicted octanol–water partition coefficient (Wildman–Crippen LogP) is 0.325. The van der Waals surface area contributed by atoms with Crippen LogP contribution >= 0.6 is 0 Å². The van der Waals surface area contributed by atoms with Crippen molar-refractivity contribution < 1.29 is 0 Å². The molecule has 0 spiro atoms. The molecule has 66 valence electrons. The summed E-state index contributed by atoms with van der Waals surface area (Å²) < 4.78 is 0. The summed E-state index contributed by atoms with van der Waals surface area (Å²) in [6.07, 6.45) is 0. The van der Waals surface area contributed by atoms with Crippen LogP contribution in [0, 0.1) is 51.7 Å². The molecule has 0 amide bonds. The molecule has 1 saturated carbocycles. The molecule has 1 aliphatic rings. The molecule has 0 atom stereocenters. The third kappa shape index (κ3) is 1.25. The molecule has 0 radical (unpaired) electrons. The summed E-state index contributed by atoms with van der Waals surface area (Å²) in [7, 11) is 0. The second-order valence-corrected chi connectivity index (χ2v) is 2.51. The zero-order valence-corrected chi connectivity index (χ0v) is 7.18. The van der Waals surface area contributed by atoms with Gasteiger partial charge in [-0.1, -0.05) is 0 Å². The lowest BCUT2D eigenvalue weighted by Crippen LogP contribution is -2.41. The molecule has 0 aliphatic heterocycles. The van der Waals surface area contributed by atoms with Crippen LogP contribution in [0.15, 0.2) is 0 Å². The maximum Gasteiger partial charge on any atom is 0.319 e. The molecule has 0 saturated heterocycles. The van der Waals surface area contributed by atoms with Gasteiger partial charge in [0.1, 0.15) is 0 Å². The van der Waals surface area contributed by atoms with E-state index >= 15 is 0 Å². The Morgan fingerprint density at radius 2 is 0.867 bits per heavy atom. The van der Waals surface area contributed by atoms with Crippen molar-refractivity contribution in [2.75, 3.05) is 0 Å². The molecular weight excluding hydrogens is 192 g/mol. The summed E-state index contributed by atoms with van der Waals surface area (Å²) in [5.41, 5.74) is -2.52. The van der Waals surface area contributed by atoms with Gasteiger partial charge in [0.15, 0.2) is 0 Å². The summed E-state index contributed by atoms with van der Waals surface area (Å²) in [6, 6.07) is 4.28. The molecule has 6 nitrogen and oxygen atoms in total. The van der Waals surface area contributed by atoms with Gasteiger partial charge in [0, 0.05) is 0 Å². The summed E-state index contributed by atoms with van der Waals surface area (Å²) in [5, 5.41) is 53.6. The maximum absolute atomic E-state index is 9.30. The summed E-state index contributed by atoms with van der Waals surface area (Å²) in [6.45, 7) is 0. The minimum absolute atomic E-state index is 0.610. The molecule has 1 aliphatic carbocycles. The molecule has 0 unspecified atom stereocenters. The molecule has 0 aromatic heterocycles. The van der Waals surface area contributed by atoms with Gasteiger partial charge in [0.05, 0.1) is 0 Å². The van der Waals surface area contributed by atoms with E-state index in [-0.39, 0.29) is 0 Å². The fourth-order valence-corrected chi connectivity index (χ4v) is 1.03. The van der Waals surface area contributed by atoms with Gasteiger partial charge in [-0.15, -0.1) is 15.8 Å². The standard InChI is InChI=1S/C9N6/c10-1-4-7(13)5(2-11)9(15)6(3-12)8(4)14. The summed E-state index contributed by atoms with van der Waals surface area (Å²) in [5.74, 6) is -1.83. The molecule has 0 N–H and O–H groups in total. The Morgan fingerprint density at radius 1 is 0.667 bits per heavy atom. The van der Waals surface area contributed by atoms with Crippen LogP contribution in [-0.4, -0.2) is 17.1 Å². The Hall–Kier alpha value is -2.91. The van der Waals surface area contributed by atoms with Crippen LogP contribution in [-0.2, 0) is 0 Å². The first-order valence-corrected chi connectivity index (χ1v) is 3.59. The molecule has 0 bridgehead atoms. The van der Waals surface area contributed by atoms with Gasteiger partial charge in [-0.05, 0) is 0 Å². The summed E-state index contributed by atoms with van der Waals surface area (Å²) in [4.78, 5) is 0. The third-order valence-electron chi connectivity index (χ3n) is 1.76. The van der Waals surface area contributed by atoms with E-state index in [4.69, 9.17) is 15.8 Å². The van der Waals surface area contributed by atoms with Crippen LogP contribution < -0.4 is 0 Å². The quantitative estimate of drug-likeness (QED) is 0.510. The second kappa shape index (κ2) is 3.45. The zero-order chi connectivity index (χ0) is 11.6. The Kier molecular flexibility index (Phi) is 2.34. The van der Waals surface area contributed by atoms with E-state index in [1.165, 1.54) is 18.2 Å². The van der Waals surface area contributed by atoms with Gasteiger partial charge >= 0.3 is 36.0 Å². The van der Waals surface area contributed by atoms with Crippen molar-refractivity contribution in [2.24, 2.45) is 0 Å². The lowest BCUT2D eigenvalue weighted by atomic mass is 9.72. The van der Waals surface area contributed by atoms with Crippen LogP contribution in [0.25, 0.3) is 16.2 Å². The average Bonchev–Trinajstić information content (AvgIpc) is 2.19. The van der Waals surface area contributed by atoms with Crippen molar-refractivity contribution in [1.82, 2.24) is 0 Å². The van der Waals surface area contributed by atoms with Crippen molar-refractivity contribution in [1.29, 1.82) is 15.8 Å². The highest BCUT2D eigenvalue weighted by molar-refractivity contribution is 6.55. The first kappa shape index (κ1) is 10.2. The van der Waals surface area contributed by atoms with Crippen LogP contribution in [0.3, 0.4) is 0 Å². The Labute approximate surface area is 85.9 Å². The lowest BCUT2D eigenvalue weighted by Gasteiger charge is -2.12. The molecule has 0 heterocycles. The minimum atomic E-state index is -0.839. The molecule has 0 aromatic carbocycles. The maximum atomic E-state index is 9.30. The number of rotatable bonds is 0. The van der Waals surface area contributed by atoms with E-state index in [2.05, 4.69) is 0 Å². The molecule has 15 heavy (non-hydrogen) atoms. The topological polar surface area (TPSA) is 138 Å². The average molecular weight is 192 g/mol. The molecule has 0 aromatic rings. The molecule has 1 fully saturated rings. The van der Waals surface area contributed by atoms with E-state index in [1.54, 1.807) is 0 Å². The first-order valence-electron chi connectivity index (χ1n) is 3.59. The normalized spacial score (nSPS) is 15.8. The lowest BCUT2D eigenvalue weighted by molar-refractivity contribution is 1.39. The largest absolute Gasteiger partial charge is 0.717 e. The third-order valence-corrected chi connectivity index (χ3v) is 1.76. The van der Waals surface area contributed by atoms with Gasteiger partial charge in [0.25, 0.3) is 0 Å². The van der Waals surface area contributed by atoms with Crippen molar-refractivity contribution in [3.8, 4) is 18.2 Å². The fourth-order valence-electron chi connectivity index (χ4n) is 1.03. The van der Waals surface area contributed by atoms with Crippen molar-refractivity contribution >= 4 is 17.1 Å². The Morgan fingerprint density at radius 3 is 1.00 bits per heavy atom. The Balaban J connectivity index is 3.25. The monoisotopic (exact) mass is 192 g/mol.